The molecule has 1 amide bonds. The van der Waals surface area contributed by atoms with Crippen LogP contribution in [0.1, 0.15) is 26.2 Å². The van der Waals surface area contributed by atoms with E-state index in [0.717, 1.165) is 0 Å². The smallest absolute Gasteiger partial charge is 0.253 e. The van der Waals surface area contributed by atoms with Gasteiger partial charge in [0.15, 0.2) is 11.9 Å². The highest BCUT2D eigenvalue weighted by molar-refractivity contribution is 5.89. The van der Waals surface area contributed by atoms with Crippen LogP contribution in [-0.2, 0) is 19.0 Å². The summed E-state index contributed by atoms with van der Waals surface area (Å²) >= 11 is 0. The summed E-state index contributed by atoms with van der Waals surface area (Å²) in [7, 11) is 1.58. The van der Waals surface area contributed by atoms with Crippen LogP contribution < -0.4 is 33.2 Å². The van der Waals surface area contributed by atoms with E-state index in [-0.39, 0.29) is 26.1 Å². The summed E-state index contributed by atoms with van der Waals surface area (Å²) in [5.41, 5.74) is 15.6. The molecule has 15 heteroatoms. The Morgan fingerprint density at radius 1 is 1.20 bits per heavy atom. The molecule has 2 aliphatic heterocycles. The largest absolute Gasteiger partial charge is 0.492 e. The molecular formula is C25H46N6O9. The quantitative estimate of drug-likeness (QED) is 0.109. The molecule has 4 rings (SSSR count). The van der Waals surface area contributed by atoms with E-state index >= 15 is 0 Å². The van der Waals surface area contributed by atoms with Crippen molar-refractivity contribution in [3.63, 3.8) is 0 Å². The van der Waals surface area contributed by atoms with Gasteiger partial charge in [-0.25, -0.2) is 0 Å². The molecule has 1 saturated heterocycles. The average Bonchev–Trinajstić information content (AvgIpc) is 3.52. The van der Waals surface area contributed by atoms with Gasteiger partial charge in [0.2, 0.25) is 0 Å². The lowest BCUT2D eigenvalue weighted by atomic mass is 9.72. The summed E-state index contributed by atoms with van der Waals surface area (Å²) < 4.78 is 18.0. The van der Waals surface area contributed by atoms with Crippen molar-refractivity contribution < 1.29 is 44.5 Å². The normalized spacial score (nSPS) is 47.2. The number of ether oxygens (including phenoxy) is 3. The summed E-state index contributed by atoms with van der Waals surface area (Å²) in [5.74, 6) is -0.837. The second-order valence-electron chi connectivity index (χ2n) is 11.7. The number of rotatable bonds is 10. The summed E-state index contributed by atoms with van der Waals surface area (Å²) in [6, 6.07) is -3.58. The Morgan fingerprint density at radius 3 is 2.52 bits per heavy atom. The minimum Gasteiger partial charge on any atom is -0.492 e. The van der Waals surface area contributed by atoms with Gasteiger partial charge in [-0.15, -0.1) is 0 Å². The van der Waals surface area contributed by atoms with E-state index in [2.05, 4.69) is 16.0 Å². The first-order valence-electron chi connectivity index (χ1n) is 13.8. The standard InChI is InChI=1S/C25H46N6O9/c1-24(36)10-38-22(18(34)21(24)29-2)40-20-14(31-23(35)25(37)8-15(25)28)7-13(27)16(17(20)33)19-12(26)4-3-11(39-19)9-30-5-6-32/h3,12-22,29-30,32-34,36-37H,4-10,26-28H2,1-2H3,(H,31,35)/t12-,13+,14-,15?,16?,17+,18-,19+,20+,21-,22-,24+,25?/m1/s1. The van der Waals surface area contributed by atoms with Gasteiger partial charge in [-0.2, -0.15) is 0 Å². The second-order valence-corrected chi connectivity index (χ2v) is 11.7. The summed E-state index contributed by atoms with van der Waals surface area (Å²) in [5, 5.41) is 61.5. The van der Waals surface area contributed by atoms with Gasteiger partial charge in [-0.1, -0.05) is 0 Å². The Balaban J connectivity index is 1.56. The third-order valence-electron chi connectivity index (χ3n) is 8.57. The van der Waals surface area contributed by atoms with E-state index < -0.39 is 83.9 Å². The van der Waals surface area contributed by atoms with Crippen molar-refractivity contribution in [2.45, 2.75) is 98.3 Å². The minimum absolute atomic E-state index is 0.0342. The summed E-state index contributed by atoms with van der Waals surface area (Å²) in [6.07, 6.45) is -3.22. The first kappa shape index (κ1) is 31.5. The van der Waals surface area contributed by atoms with Gasteiger partial charge < -0.3 is 72.9 Å². The van der Waals surface area contributed by atoms with Crippen molar-refractivity contribution in [3.05, 3.63) is 11.8 Å². The number of aliphatic hydroxyl groups excluding tert-OH is 3. The Morgan fingerprint density at radius 2 is 1.90 bits per heavy atom. The number of hydrogen-bond acceptors (Lipinski definition) is 14. The van der Waals surface area contributed by atoms with Crippen molar-refractivity contribution in [2.24, 2.45) is 23.1 Å². The molecule has 13 atom stereocenters. The molecule has 2 saturated carbocycles. The third kappa shape index (κ3) is 6.30. The lowest BCUT2D eigenvalue weighted by molar-refractivity contribution is -0.297. The van der Waals surface area contributed by atoms with Crippen LogP contribution in [0.25, 0.3) is 0 Å². The molecule has 15 nitrogen and oxygen atoms in total. The van der Waals surface area contributed by atoms with Crippen LogP contribution in [0.15, 0.2) is 11.8 Å². The summed E-state index contributed by atoms with van der Waals surface area (Å²) in [4.78, 5) is 12.9. The molecule has 0 aromatic rings. The topological polar surface area (TPSA) is 260 Å². The van der Waals surface area contributed by atoms with Crippen LogP contribution in [0, 0.1) is 5.92 Å². The molecule has 2 aliphatic carbocycles. The van der Waals surface area contributed by atoms with E-state index in [1.54, 1.807) is 7.05 Å². The van der Waals surface area contributed by atoms with Crippen molar-refractivity contribution in [2.75, 3.05) is 33.4 Å². The van der Waals surface area contributed by atoms with E-state index in [1.165, 1.54) is 6.92 Å². The molecule has 4 aliphatic rings. The lowest BCUT2D eigenvalue weighted by Gasteiger charge is -2.50. The molecule has 14 N–H and O–H groups in total. The Labute approximate surface area is 233 Å². The maximum absolute atomic E-state index is 12.9. The average molecular weight is 575 g/mol. The van der Waals surface area contributed by atoms with Crippen molar-refractivity contribution in [1.82, 2.24) is 16.0 Å². The fraction of sp³-hybridized carbons (Fsp3) is 0.880. The number of likely N-dealkylation sites (N-methyl/N-ethyl adjacent to an activating group) is 1. The maximum atomic E-state index is 12.9. The highest BCUT2D eigenvalue weighted by Gasteiger charge is 2.59. The molecule has 230 valence electrons. The molecule has 3 unspecified atom stereocenters. The Bertz CT molecular complexity index is 927. The Kier molecular flexibility index (Phi) is 9.76. The number of carbonyl (C=O) groups is 1. The van der Waals surface area contributed by atoms with Gasteiger partial charge in [0, 0.05) is 37.0 Å². The third-order valence-corrected chi connectivity index (χ3v) is 8.57. The van der Waals surface area contributed by atoms with Gasteiger partial charge in [0.1, 0.15) is 29.7 Å². The minimum atomic E-state index is -1.72. The molecule has 40 heavy (non-hydrogen) atoms. The Hall–Kier alpha value is -1.47. The molecule has 2 heterocycles. The number of amides is 1. The zero-order valence-corrected chi connectivity index (χ0v) is 23.0. The van der Waals surface area contributed by atoms with Gasteiger partial charge >= 0.3 is 0 Å². The summed E-state index contributed by atoms with van der Waals surface area (Å²) in [6.45, 7) is 2.05. The van der Waals surface area contributed by atoms with E-state index in [9.17, 15) is 25.2 Å². The fourth-order valence-corrected chi connectivity index (χ4v) is 6.08. The van der Waals surface area contributed by atoms with Crippen molar-refractivity contribution >= 4 is 5.91 Å². The molecule has 0 aromatic heterocycles. The highest BCUT2D eigenvalue weighted by Crippen LogP contribution is 2.38. The van der Waals surface area contributed by atoms with Crippen LogP contribution in [0.4, 0.5) is 0 Å². The second kappa shape index (κ2) is 12.4. The van der Waals surface area contributed by atoms with Crippen molar-refractivity contribution in [3.8, 4) is 0 Å². The van der Waals surface area contributed by atoms with Crippen LogP contribution in [0.3, 0.4) is 0 Å². The van der Waals surface area contributed by atoms with E-state index in [0.29, 0.717) is 25.3 Å². The van der Waals surface area contributed by atoms with E-state index in [4.69, 9.17) is 36.5 Å². The zero-order chi connectivity index (χ0) is 29.4. The number of nitrogens with one attached hydrogen (secondary N) is 3. The van der Waals surface area contributed by atoms with E-state index in [1.807, 2.05) is 6.08 Å². The number of nitrogens with two attached hydrogens (primary N) is 3. The van der Waals surface area contributed by atoms with Gasteiger partial charge in [0.05, 0.1) is 37.9 Å². The number of aliphatic hydroxyl groups is 5. The number of carbonyl (C=O) groups excluding carboxylic acids is 1. The fourth-order valence-electron chi connectivity index (χ4n) is 6.08. The molecule has 0 aromatic carbocycles. The van der Waals surface area contributed by atoms with Crippen LogP contribution in [0.5, 0.6) is 0 Å². The number of hydrogen-bond donors (Lipinski definition) is 11. The lowest BCUT2D eigenvalue weighted by Crippen LogP contribution is -2.69. The van der Waals surface area contributed by atoms with Gasteiger partial charge in [-0.3, -0.25) is 4.79 Å². The first-order chi connectivity index (χ1) is 18.8. The predicted octanol–water partition coefficient (Wildman–Crippen LogP) is -5.34. The maximum Gasteiger partial charge on any atom is 0.253 e. The van der Waals surface area contributed by atoms with Gasteiger partial charge in [0.25, 0.3) is 5.91 Å². The molecular weight excluding hydrogens is 528 g/mol. The van der Waals surface area contributed by atoms with Gasteiger partial charge in [-0.05, 0) is 32.9 Å². The predicted molar refractivity (Wildman–Crippen MR) is 141 cm³/mol. The van der Waals surface area contributed by atoms with Crippen molar-refractivity contribution in [1.29, 1.82) is 0 Å². The first-order valence-corrected chi connectivity index (χ1v) is 13.8. The molecule has 0 radical (unpaired) electrons. The monoisotopic (exact) mass is 574 g/mol. The zero-order valence-electron chi connectivity index (χ0n) is 23.0. The molecule has 0 spiro atoms. The highest BCUT2D eigenvalue weighted by atomic mass is 16.7. The van der Waals surface area contributed by atoms with Crippen LogP contribution in [0.2, 0.25) is 0 Å². The molecule has 3 fully saturated rings. The SMILES string of the molecule is CN[C@@H]1[C@@H](O)[C@@H](O[C@H]2[C@H](NC(=O)C3(O)CC3N)C[C@H](N)C([C@H]3OC(CNCCO)=CC[C@H]3N)[C@@H]2O)OC[C@]1(C)O. The van der Waals surface area contributed by atoms with Crippen LogP contribution in [-0.4, -0.2) is 137 Å². The molecule has 0 bridgehead atoms. The van der Waals surface area contributed by atoms with Crippen LogP contribution >= 0.6 is 0 Å².